The predicted molar refractivity (Wildman–Crippen MR) is 192 cm³/mol. The largest absolute Gasteiger partial charge is 0.363 e. The van der Waals surface area contributed by atoms with Gasteiger partial charge in [0, 0.05) is 74.1 Å². The van der Waals surface area contributed by atoms with E-state index < -0.39 is 12.0 Å². The van der Waals surface area contributed by atoms with Crippen LogP contribution in [0.1, 0.15) is 48.6 Å². The maximum absolute atomic E-state index is 14.2. The van der Waals surface area contributed by atoms with Gasteiger partial charge in [-0.1, -0.05) is 60.7 Å². The fraction of sp³-hybridized carbons (Fsp3) is 0.256. The molecular weight excluding hydrogens is 616 g/mol. The van der Waals surface area contributed by atoms with Gasteiger partial charge >= 0.3 is 5.97 Å². The second kappa shape index (κ2) is 13.5. The van der Waals surface area contributed by atoms with E-state index in [1.54, 1.807) is 11.0 Å². The van der Waals surface area contributed by atoms with Crippen LogP contribution in [-0.2, 0) is 45.3 Å². The first-order valence-electron chi connectivity index (χ1n) is 16.7. The van der Waals surface area contributed by atoms with Crippen LogP contribution < -0.4 is 25.9 Å². The van der Waals surface area contributed by atoms with Crippen LogP contribution in [0, 0.1) is 0 Å². The van der Waals surface area contributed by atoms with Crippen LogP contribution in [0.2, 0.25) is 0 Å². The van der Waals surface area contributed by atoms with Gasteiger partial charge in [-0.3, -0.25) is 14.4 Å². The van der Waals surface area contributed by atoms with Crippen molar-refractivity contribution in [3.05, 3.63) is 119 Å². The molecule has 5 aromatic rings. The smallest absolute Gasteiger partial charge is 0.329 e. The molecule has 10 heteroatoms. The van der Waals surface area contributed by atoms with Gasteiger partial charge < -0.3 is 30.3 Å². The first-order valence-corrected chi connectivity index (χ1v) is 16.7. The number of hydroxylamine groups is 1. The highest BCUT2D eigenvalue weighted by molar-refractivity contribution is 6.08. The minimum atomic E-state index is -0.965. The minimum absolute atomic E-state index is 0.0646. The molecule has 1 unspecified atom stereocenters. The second-order valence-corrected chi connectivity index (χ2v) is 12.7. The van der Waals surface area contributed by atoms with Gasteiger partial charge in [0.2, 0.25) is 5.91 Å². The zero-order valence-electron chi connectivity index (χ0n) is 27.8. The fourth-order valence-electron chi connectivity index (χ4n) is 7.01. The van der Waals surface area contributed by atoms with Crippen molar-refractivity contribution in [2.75, 3.05) is 33.3 Å². The number of fused-ring (bicyclic) bond motifs is 3. The Morgan fingerprint density at radius 2 is 1.61 bits per heavy atom. The normalized spacial score (nSPS) is 15.2. The lowest BCUT2D eigenvalue weighted by Crippen LogP contribution is -2.42. The van der Waals surface area contributed by atoms with Crippen LogP contribution in [0.15, 0.2) is 97.2 Å². The highest BCUT2D eigenvalue weighted by Gasteiger charge is 2.40. The van der Waals surface area contributed by atoms with Crippen molar-refractivity contribution in [1.82, 2.24) is 4.57 Å². The number of hydrogen-bond acceptors (Lipinski definition) is 7. The third-order valence-corrected chi connectivity index (χ3v) is 9.27. The van der Waals surface area contributed by atoms with Crippen molar-refractivity contribution in [3.63, 3.8) is 0 Å². The van der Waals surface area contributed by atoms with E-state index in [0.717, 1.165) is 34.3 Å². The molecule has 49 heavy (non-hydrogen) atoms. The average Bonchev–Trinajstić information content (AvgIpc) is 3.68. The molecule has 0 fully saturated rings. The van der Waals surface area contributed by atoms with Crippen LogP contribution >= 0.6 is 0 Å². The summed E-state index contributed by atoms with van der Waals surface area (Å²) in [5.74, 6) is -0.944. The molecule has 250 valence electrons. The Kier molecular flexibility index (Phi) is 8.79. The number of amides is 2. The summed E-state index contributed by atoms with van der Waals surface area (Å²) < 4.78 is 2.13. The second-order valence-electron chi connectivity index (χ2n) is 12.7. The van der Waals surface area contributed by atoms with Gasteiger partial charge in [0.25, 0.3) is 5.91 Å². The quantitative estimate of drug-likeness (QED) is 0.187. The highest BCUT2D eigenvalue weighted by Crippen LogP contribution is 2.46. The molecule has 3 N–H and O–H groups in total. The van der Waals surface area contributed by atoms with Gasteiger partial charge in [-0.25, -0.2) is 0 Å². The first kappa shape index (κ1) is 32.0. The Morgan fingerprint density at radius 1 is 0.918 bits per heavy atom. The van der Waals surface area contributed by atoms with E-state index in [9.17, 15) is 14.4 Å². The maximum Gasteiger partial charge on any atom is 0.329 e. The Balaban J connectivity index is 1.35. The van der Waals surface area contributed by atoms with E-state index in [4.69, 9.17) is 10.6 Å². The molecule has 0 spiro atoms. The van der Waals surface area contributed by atoms with E-state index in [1.165, 1.54) is 30.0 Å². The SMILES string of the molecule is CC(=O)ON1c2cc3c(cc2NC(=O)C1c1cn(CCCN)c2ccc(N(Cc4ccccc4)Cc4ccccc4)cc12)N(C(C)=O)CC3. The third kappa shape index (κ3) is 6.35. The zero-order valence-corrected chi connectivity index (χ0v) is 27.8. The number of hydrogen-bond donors (Lipinski definition) is 2. The molecular formula is C39H40N6O4. The standard InChI is InChI=1S/C39H40N6O4/c1-26(46)44-19-16-30-20-37-34(22-36(30)44)41-39(48)38(45(37)49-27(2)47)33-25-42(18-9-17-40)35-15-14-31(21-32(33)35)43(23-28-10-5-3-6-11-28)24-29-12-7-4-8-13-29/h3-8,10-15,20-22,25,38H,9,16-19,23-24,40H2,1-2H3,(H,41,48). The van der Waals surface area contributed by atoms with Gasteiger partial charge in [-0.2, -0.15) is 5.06 Å². The predicted octanol–water partition coefficient (Wildman–Crippen LogP) is 6.08. The third-order valence-electron chi connectivity index (χ3n) is 9.27. The van der Waals surface area contributed by atoms with Gasteiger partial charge in [0.15, 0.2) is 6.04 Å². The molecule has 0 saturated carbocycles. The number of carbonyl (C=O) groups is 3. The first-order chi connectivity index (χ1) is 23.8. The van der Waals surface area contributed by atoms with Crippen LogP contribution in [0.25, 0.3) is 10.9 Å². The maximum atomic E-state index is 14.2. The lowest BCUT2D eigenvalue weighted by Gasteiger charge is -2.36. The van der Waals surface area contributed by atoms with Crippen molar-refractivity contribution in [1.29, 1.82) is 0 Å². The minimum Gasteiger partial charge on any atom is -0.363 e. The fourth-order valence-corrected chi connectivity index (χ4v) is 7.01. The highest BCUT2D eigenvalue weighted by atomic mass is 16.7. The van der Waals surface area contributed by atoms with Gasteiger partial charge in [-0.05, 0) is 66.4 Å². The van der Waals surface area contributed by atoms with Crippen molar-refractivity contribution >= 4 is 51.4 Å². The molecule has 1 aromatic heterocycles. The lowest BCUT2D eigenvalue weighted by atomic mass is 9.99. The van der Waals surface area contributed by atoms with Gasteiger partial charge in [-0.15, -0.1) is 0 Å². The number of benzene rings is 4. The summed E-state index contributed by atoms with van der Waals surface area (Å²) in [6.07, 6.45) is 3.40. The summed E-state index contributed by atoms with van der Waals surface area (Å²) in [5, 5.41) is 5.39. The molecule has 0 radical (unpaired) electrons. The molecule has 2 aliphatic rings. The van der Waals surface area contributed by atoms with E-state index in [1.807, 2.05) is 48.7 Å². The molecule has 0 saturated heterocycles. The number of nitrogens with two attached hydrogens (primary N) is 1. The monoisotopic (exact) mass is 656 g/mol. The van der Waals surface area contributed by atoms with E-state index >= 15 is 0 Å². The summed E-state index contributed by atoms with van der Waals surface area (Å²) >= 11 is 0. The number of anilines is 4. The molecule has 0 bridgehead atoms. The number of rotatable bonds is 10. The van der Waals surface area contributed by atoms with E-state index in [-0.39, 0.29) is 11.8 Å². The summed E-state index contributed by atoms with van der Waals surface area (Å²) in [5.41, 5.74) is 13.7. The van der Waals surface area contributed by atoms with Crippen LogP contribution in [0.3, 0.4) is 0 Å². The Hall–Kier alpha value is -5.61. The number of nitrogens with zero attached hydrogens (tertiary/aromatic N) is 4. The van der Waals surface area contributed by atoms with Crippen molar-refractivity contribution in [3.8, 4) is 0 Å². The number of aryl methyl sites for hydroxylation is 1. The molecule has 2 amide bonds. The summed E-state index contributed by atoms with van der Waals surface area (Å²) in [4.78, 5) is 49.0. The average molecular weight is 657 g/mol. The Labute approximate surface area is 285 Å². The zero-order chi connectivity index (χ0) is 34.1. The summed E-state index contributed by atoms with van der Waals surface area (Å²) in [6.45, 7) is 5.97. The molecule has 3 heterocycles. The summed E-state index contributed by atoms with van der Waals surface area (Å²) in [6, 6.07) is 29.8. The molecule has 0 aliphatic carbocycles. The number of nitrogens with one attached hydrogen (secondary N) is 1. The van der Waals surface area contributed by atoms with Gasteiger partial charge in [0.1, 0.15) is 5.69 Å². The molecule has 2 aliphatic heterocycles. The molecule has 10 nitrogen and oxygen atoms in total. The van der Waals surface area contributed by atoms with Crippen LogP contribution in [0.5, 0.6) is 0 Å². The lowest BCUT2D eigenvalue weighted by molar-refractivity contribution is -0.144. The number of carbonyl (C=O) groups excluding carboxylic acids is 3. The van der Waals surface area contributed by atoms with E-state index in [2.05, 4.69) is 57.2 Å². The number of aromatic nitrogens is 1. The van der Waals surface area contributed by atoms with E-state index in [0.29, 0.717) is 56.1 Å². The topological polar surface area (TPSA) is 113 Å². The van der Waals surface area contributed by atoms with Crippen LogP contribution in [-0.4, -0.2) is 35.4 Å². The summed E-state index contributed by atoms with van der Waals surface area (Å²) in [7, 11) is 0. The Morgan fingerprint density at radius 3 is 2.24 bits per heavy atom. The van der Waals surface area contributed by atoms with Gasteiger partial charge in [0.05, 0.1) is 5.69 Å². The molecule has 4 aromatic carbocycles. The van der Waals surface area contributed by atoms with Crippen molar-refractivity contribution < 1.29 is 19.2 Å². The van der Waals surface area contributed by atoms with Crippen molar-refractivity contribution in [2.24, 2.45) is 5.73 Å². The Bertz CT molecular complexity index is 1980. The van der Waals surface area contributed by atoms with Crippen molar-refractivity contribution in [2.45, 2.75) is 52.4 Å². The van der Waals surface area contributed by atoms with Crippen LogP contribution in [0.4, 0.5) is 22.7 Å². The molecule has 1 atom stereocenters. The molecule has 7 rings (SSSR count).